The van der Waals surface area contributed by atoms with Crippen LogP contribution in [0.5, 0.6) is 0 Å². The molecule has 1 fully saturated rings. The van der Waals surface area contributed by atoms with Crippen molar-refractivity contribution in [2.75, 3.05) is 6.54 Å². The standard InChI is InChI=1S/C11H14ClNO4S/c1-7-10(18(12,15)16)6-9(17-7)11(14)13-5-4-8-2-3-8/h6,8H,2-5H2,1H3,(H,13,14). The van der Waals surface area contributed by atoms with Crippen LogP contribution in [0.4, 0.5) is 0 Å². The van der Waals surface area contributed by atoms with Gasteiger partial charge in [0.25, 0.3) is 15.0 Å². The summed E-state index contributed by atoms with van der Waals surface area (Å²) < 4.78 is 27.5. The summed E-state index contributed by atoms with van der Waals surface area (Å²) in [5, 5.41) is 2.69. The summed E-state index contributed by atoms with van der Waals surface area (Å²) in [7, 11) is 1.34. The summed E-state index contributed by atoms with van der Waals surface area (Å²) in [5.41, 5.74) is 0. The Hall–Kier alpha value is -1.01. The van der Waals surface area contributed by atoms with Crippen LogP contribution in [0.15, 0.2) is 15.4 Å². The average Bonchev–Trinajstić information content (AvgIpc) is 2.98. The Bertz CT molecular complexity index is 560. The number of hydrogen-bond acceptors (Lipinski definition) is 4. The van der Waals surface area contributed by atoms with E-state index in [2.05, 4.69) is 5.32 Å². The van der Waals surface area contributed by atoms with Crippen LogP contribution < -0.4 is 5.32 Å². The van der Waals surface area contributed by atoms with Gasteiger partial charge in [0.2, 0.25) is 0 Å². The molecule has 0 spiro atoms. The van der Waals surface area contributed by atoms with Crippen molar-refractivity contribution in [1.82, 2.24) is 5.32 Å². The summed E-state index contributed by atoms with van der Waals surface area (Å²) in [6.07, 6.45) is 3.40. The van der Waals surface area contributed by atoms with E-state index in [4.69, 9.17) is 15.1 Å². The number of amides is 1. The second kappa shape index (κ2) is 4.93. The number of hydrogen-bond donors (Lipinski definition) is 1. The second-order valence-electron chi connectivity index (χ2n) is 4.46. The number of carbonyl (C=O) groups excluding carboxylic acids is 1. The predicted molar refractivity (Wildman–Crippen MR) is 66.2 cm³/mol. The highest BCUT2D eigenvalue weighted by Crippen LogP contribution is 2.31. The molecule has 7 heteroatoms. The third-order valence-corrected chi connectivity index (χ3v) is 4.32. The smallest absolute Gasteiger partial charge is 0.287 e. The van der Waals surface area contributed by atoms with Crippen LogP contribution in [-0.2, 0) is 9.05 Å². The first-order chi connectivity index (χ1) is 8.38. The minimum absolute atomic E-state index is 0.0254. The van der Waals surface area contributed by atoms with Crippen LogP contribution in [0.2, 0.25) is 0 Å². The van der Waals surface area contributed by atoms with Crippen molar-refractivity contribution in [2.24, 2.45) is 5.92 Å². The Morgan fingerprint density at radius 3 is 2.72 bits per heavy atom. The van der Waals surface area contributed by atoms with Crippen molar-refractivity contribution < 1.29 is 17.6 Å². The Kier molecular flexibility index (Phi) is 3.68. The molecule has 5 nitrogen and oxygen atoms in total. The van der Waals surface area contributed by atoms with Gasteiger partial charge in [-0.05, 0) is 19.3 Å². The number of rotatable bonds is 5. The first-order valence-corrected chi connectivity index (χ1v) is 8.02. The highest BCUT2D eigenvalue weighted by molar-refractivity contribution is 8.13. The lowest BCUT2D eigenvalue weighted by Gasteiger charge is -2.01. The molecule has 0 radical (unpaired) electrons. The van der Waals surface area contributed by atoms with Crippen LogP contribution >= 0.6 is 10.7 Å². The molecule has 1 saturated carbocycles. The van der Waals surface area contributed by atoms with Crippen molar-refractivity contribution in [1.29, 1.82) is 0 Å². The first-order valence-electron chi connectivity index (χ1n) is 5.71. The molecule has 1 aromatic rings. The maximum Gasteiger partial charge on any atom is 0.287 e. The SMILES string of the molecule is Cc1oc(C(=O)NCCC2CC2)cc1S(=O)(=O)Cl. The van der Waals surface area contributed by atoms with Crippen molar-refractivity contribution in [3.05, 3.63) is 17.6 Å². The molecule has 0 atom stereocenters. The monoisotopic (exact) mass is 291 g/mol. The van der Waals surface area contributed by atoms with E-state index in [0.717, 1.165) is 18.4 Å². The highest BCUT2D eigenvalue weighted by atomic mass is 35.7. The molecular weight excluding hydrogens is 278 g/mol. The molecule has 1 aliphatic rings. The zero-order valence-electron chi connectivity index (χ0n) is 9.90. The van der Waals surface area contributed by atoms with Crippen LogP contribution in [-0.4, -0.2) is 20.9 Å². The van der Waals surface area contributed by atoms with E-state index in [-0.39, 0.29) is 16.4 Å². The number of nitrogens with one attached hydrogen (secondary N) is 1. The number of aryl methyl sites for hydroxylation is 1. The summed E-state index contributed by atoms with van der Waals surface area (Å²) >= 11 is 0. The average molecular weight is 292 g/mol. The van der Waals surface area contributed by atoms with E-state index in [9.17, 15) is 13.2 Å². The van der Waals surface area contributed by atoms with Crippen LogP contribution in [0, 0.1) is 12.8 Å². The molecule has 0 unspecified atom stereocenters. The van der Waals surface area contributed by atoms with Crippen molar-refractivity contribution in [2.45, 2.75) is 31.1 Å². The van der Waals surface area contributed by atoms with Gasteiger partial charge in [-0.25, -0.2) is 8.42 Å². The van der Waals surface area contributed by atoms with E-state index in [0.29, 0.717) is 6.54 Å². The van der Waals surface area contributed by atoms with Gasteiger partial charge in [-0.1, -0.05) is 12.8 Å². The zero-order chi connectivity index (χ0) is 13.3. The number of furan rings is 1. The molecule has 1 N–H and O–H groups in total. The lowest BCUT2D eigenvalue weighted by atomic mass is 10.3. The Labute approximate surface area is 110 Å². The van der Waals surface area contributed by atoms with Crippen LogP contribution in [0.25, 0.3) is 0 Å². The molecule has 1 aromatic heterocycles. The summed E-state index contributed by atoms with van der Waals surface area (Å²) in [6, 6.07) is 1.16. The minimum atomic E-state index is -3.87. The quantitative estimate of drug-likeness (QED) is 0.842. The lowest BCUT2D eigenvalue weighted by molar-refractivity contribution is 0.0923. The van der Waals surface area contributed by atoms with Crippen molar-refractivity contribution >= 4 is 25.6 Å². The van der Waals surface area contributed by atoms with Crippen molar-refractivity contribution in [3.63, 3.8) is 0 Å². The second-order valence-corrected chi connectivity index (χ2v) is 6.99. The van der Waals surface area contributed by atoms with Gasteiger partial charge in [-0.2, -0.15) is 0 Å². The molecular formula is C11H14ClNO4S. The highest BCUT2D eigenvalue weighted by Gasteiger charge is 2.23. The molecule has 1 heterocycles. The van der Waals surface area contributed by atoms with Gasteiger partial charge in [0.15, 0.2) is 5.76 Å². The normalized spacial score (nSPS) is 15.7. The fourth-order valence-electron chi connectivity index (χ4n) is 1.70. The van der Waals surface area contributed by atoms with Gasteiger partial charge in [-0.15, -0.1) is 0 Å². The summed E-state index contributed by atoms with van der Waals surface area (Å²) in [6.45, 7) is 2.03. The third kappa shape index (κ3) is 3.26. The molecule has 0 saturated heterocycles. The van der Waals surface area contributed by atoms with Crippen molar-refractivity contribution in [3.8, 4) is 0 Å². The number of carbonyl (C=O) groups is 1. The third-order valence-electron chi connectivity index (χ3n) is 2.89. The van der Waals surface area contributed by atoms with E-state index in [1.54, 1.807) is 0 Å². The van der Waals surface area contributed by atoms with Gasteiger partial charge in [0, 0.05) is 23.3 Å². The van der Waals surface area contributed by atoms with Gasteiger partial charge >= 0.3 is 0 Å². The van der Waals surface area contributed by atoms with E-state index >= 15 is 0 Å². The summed E-state index contributed by atoms with van der Waals surface area (Å²) in [5.74, 6) is 0.410. The predicted octanol–water partition coefficient (Wildman–Crippen LogP) is 2.05. The molecule has 18 heavy (non-hydrogen) atoms. The molecule has 0 aliphatic heterocycles. The maximum atomic E-state index is 11.7. The summed E-state index contributed by atoms with van der Waals surface area (Å²) in [4.78, 5) is 11.5. The van der Waals surface area contributed by atoms with Crippen LogP contribution in [0.1, 0.15) is 35.6 Å². The zero-order valence-corrected chi connectivity index (χ0v) is 11.5. The maximum absolute atomic E-state index is 11.7. The largest absolute Gasteiger partial charge is 0.455 e. The fourth-order valence-corrected chi connectivity index (χ4v) is 2.80. The molecule has 100 valence electrons. The molecule has 0 bridgehead atoms. The molecule has 0 aromatic carbocycles. The van der Waals surface area contributed by atoms with Crippen LogP contribution in [0.3, 0.4) is 0 Å². The Morgan fingerprint density at radius 2 is 2.22 bits per heavy atom. The van der Waals surface area contributed by atoms with E-state index in [1.165, 1.54) is 19.8 Å². The van der Waals surface area contributed by atoms with Gasteiger partial charge in [-0.3, -0.25) is 4.79 Å². The van der Waals surface area contributed by atoms with Gasteiger partial charge in [0.1, 0.15) is 10.7 Å². The topological polar surface area (TPSA) is 76.4 Å². The fraction of sp³-hybridized carbons (Fsp3) is 0.545. The van der Waals surface area contributed by atoms with E-state index < -0.39 is 15.0 Å². The first kappa shape index (κ1) is 13.4. The molecule has 1 aliphatic carbocycles. The van der Waals surface area contributed by atoms with Gasteiger partial charge in [0.05, 0.1) is 0 Å². The Morgan fingerprint density at radius 1 is 1.56 bits per heavy atom. The minimum Gasteiger partial charge on any atom is -0.455 e. The Balaban J connectivity index is 2.01. The molecule has 2 rings (SSSR count). The number of halogens is 1. The lowest BCUT2D eigenvalue weighted by Crippen LogP contribution is -2.24. The van der Waals surface area contributed by atoms with Gasteiger partial charge < -0.3 is 9.73 Å². The molecule has 1 amide bonds. The van der Waals surface area contributed by atoms with E-state index in [1.807, 2.05) is 0 Å².